The third-order valence-corrected chi connectivity index (χ3v) is 5.65. The molecule has 2 atom stereocenters. The zero-order valence-electron chi connectivity index (χ0n) is 15.0. The minimum absolute atomic E-state index is 0.0244. The number of piperazine rings is 1. The van der Waals surface area contributed by atoms with Gasteiger partial charge in [-0.3, -0.25) is 9.69 Å². The van der Waals surface area contributed by atoms with E-state index in [2.05, 4.69) is 21.8 Å². The molecule has 1 aromatic carbocycles. The molecule has 132 valence electrons. The second-order valence-electron chi connectivity index (χ2n) is 7.33. The number of fused-ring (bicyclic) bond motifs is 3. The fourth-order valence-electron chi connectivity index (χ4n) is 4.34. The number of hydrogen-bond donors (Lipinski definition) is 0. The van der Waals surface area contributed by atoms with Gasteiger partial charge in [-0.15, -0.1) is 5.10 Å². The van der Waals surface area contributed by atoms with Gasteiger partial charge in [-0.25, -0.2) is 9.50 Å². The quantitative estimate of drug-likeness (QED) is 0.682. The minimum Gasteiger partial charge on any atom is -0.349 e. The Morgan fingerprint density at radius 1 is 1.08 bits per heavy atom. The van der Waals surface area contributed by atoms with E-state index in [9.17, 15) is 4.79 Å². The zero-order valence-corrected chi connectivity index (χ0v) is 15.0. The molecule has 0 amide bonds. The van der Waals surface area contributed by atoms with Crippen LogP contribution in [0.25, 0.3) is 16.9 Å². The monoisotopic (exact) mass is 347 g/mol. The minimum atomic E-state index is -0.0244. The van der Waals surface area contributed by atoms with Crippen molar-refractivity contribution in [3.63, 3.8) is 0 Å². The van der Waals surface area contributed by atoms with Crippen LogP contribution in [0.5, 0.6) is 0 Å². The van der Waals surface area contributed by atoms with E-state index in [4.69, 9.17) is 5.10 Å². The molecule has 2 aromatic heterocycles. The summed E-state index contributed by atoms with van der Waals surface area (Å²) in [7, 11) is 2.19. The molecule has 2 aliphatic rings. The van der Waals surface area contributed by atoms with E-state index in [1.807, 2.05) is 42.5 Å². The maximum Gasteiger partial charge on any atom is 0.180 e. The van der Waals surface area contributed by atoms with Gasteiger partial charge in [0, 0.05) is 37.7 Å². The summed E-state index contributed by atoms with van der Waals surface area (Å²) < 4.78 is 1.72. The van der Waals surface area contributed by atoms with Gasteiger partial charge in [0.15, 0.2) is 11.4 Å². The molecular formula is C20H21N5O. The summed E-state index contributed by atoms with van der Waals surface area (Å²) in [4.78, 5) is 21.9. The van der Waals surface area contributed by atoms with Crippen molar-refractivity contribution in [1.82, 2.24) is 19.5 Å². The van der Waals surface area contributed by atoms with Gasteiger partial charge in [0.25, 0.3) is 0 Å². The normalized spacial score (nSPS) is 22.5. The number of carbonyl (C=O) groups is 1. The van der Waals surface area contributed by atoms with Crippen LogP contribution in [0.4, 0.5) is 5.82 Å². The van der Waals surface area contributed by atoms with Gasteiger partial charge in [-0.2, -0.15) is 0 Å². The van der Waals surface area contributed by atoms with E-state index >= 15 is 0 Å². The number of likely N-dealkylation sites (N-methyl/N-ethyl adjacent to an activating group) is 1. The number of Topliss-reactive ketones (excluding diaryl/α,β-unsaturated/α-hetero) is 1. The average Bonchev–Trinajstić information content (AvgIpc) is 3.32. The lowest BCUT2D eigenvalue weighted by Crippen LogP contribution is -2.45. The Balaban J connectivity index is 1.62. The van der Waals surface area contributed by atoms with Crippen molar-refractivity contribution in [2.24, 2.45) is 0 Å². The van der Waals surface area contributed by atoms with Crippen LogP contribution in [0.3, 0.4) is 0 Å². The van der Waals surface area contributed by atoms with Crippen LogP contribution in [0.2, 0.25) is 0 Å². The Labute approximate surface area is 152 Å². The number of likely N-dealkylation sites (tertiary alicyclic amines) is 1. The van der Waals surface area contributed by atoms with E-state index in [-0.39, 0.29) is 5.78 Å². The number of carbonyl (C=O) groups excluding carboxylic acids is 1. The second kappa shape index (κ2) is 5.64. The highest BCUT2D eigenvalue weighted by Crippen LogP contribution is 2.33. The molecule has 0 N–H and O–H groups in total. The van der Waals surface area contributed by atoms with E-state index in [1.54, 1.807) is 11.4 Å². The largest absolute Gasteiger partial charge is 0.349 e. The van der Waals surface area contributed by atoms with Crippen LogP contribution in [-0.2, 0) is 0 Å². The molecule has 0 radical (unpaired) electrons. The SMILES string of the molecule is CC(=O)c1c(-c2ccccc2)nc2ccc(N3C[C@@H]4C[C@H]3CN4C)nn12. The molecule has 0 saturated carbocycles. The maximum absolute atomic E-state index is 12.4. The molecule has 5 rings (SSSR count). The van der Waals surface area contributed by atoms with E-state index < -0.39 is 0 Å². The standard InChI is InChI=1S/C20H21N5O/c1-13(26)20-19(14-6-4-3-5-7-14)21-17-8-9-18(22-25(17)20)24-12-15-10-16(24)11-23(15)2/h3-9,15-16H,10-12H2,1-2H3/t15-,16-/m0/s1. The first-order chi connectivity index (χ1) is 12.6. The predicted molar refractivity (Wildman–Crippen MR) is 101 cm³/mol. The summed E-state index contributed by atoms with van der Waals surface area (Å²) in [5, 5.41) is 4.81. The molecule has 0 spiro atoms. The molecule has 0 unspecified atom stereocenters. The summed E-state index contributed by atoms with van der Waals surface area (Å²) >= 11 is 0. The topological polar surface area (TPSA) is 53.7 Å². The molecule has 3 aromatic rings. The Morgan fingerprint density at radius 3 is 2.54 bits per heavy atom. The number of hydrogen-bond acceptors (Lipinski definition) is 5. The van der Waals surface area contributed by atoms with Gasteiger partial charge < -0.3 is 4.90 Å². The molecule has 2 bridgehead atoms. The summed E-state index contributed by atoms with van der Waals surface area (Å²) in [5.74, 6) is 0.904. The number of benzene rings is 1. The van der Waals surface area contributed by atoms with Crippen LogP contribution in [-0.4, -0.2) is 57.5 Å². The van der Waals surface area contributed by atoms with Crippen LogP contribution in [0.1, 0.15) is 23.8 Å². The van der Waals surface area contributed by atoms with Crippen molar-refractivity contribution in [3.8, 4) is 11.3 Å². The van der Waals surface area contributed by atoms with Crippen LogP contribution >= 0.6 is 0 Å². The lowest BCUT2D eigenvalue weighted by Gasteiger charge is -2.32. The summed E-state index contributed by atoms with van der Waals surface area (Å²) in [6.45, 7) is 3.65. The third kappa shape index (κ3) is 2.25. The Morgan fingerprint density at radius 2 is 1.88 bits per heavy atom. The number of aromatic nitrogens is 3. The first kappa shape index (κ1) is 15.5. The van der Waals surface area contributed by atoms with E-state index in [0.717, 1.165) is 24.5 Å². The molecule has 2 aliphatic heterocycles. The number of nitrogens with zero attached hydrogens (tertiary/aromatic N) is 5. The number of rotatable bonds is 3. The highest BCUT2D eigenvalue weighted by Gasteiger charge is 2.42. The van der Waals surface area contributed by atoms with Crippen molar-refractivity contribution in [1.29, 1.82) is 0 Å². The first-order valence-corrected chi connectivity index (χ1v) is 9.05. The molecule has 4 heterocycles. The van der Waals surface area contributed by atoms with Gasteiger partial charge in [0.05, 0.1) is 0 Å². The van der Waals surface area contributed by atoms with Gasteiger partial charge in [0.2, 0.25) is 0 Å². The number of imidazole rings is 1. The Kier molecular flexibility index (Phi) is 3.37. The highest BCUT2D eigenvalue weighted by atomic mass is 16.1. The van der Waals surface area contributed by atoms with Crippen LogP contribution in [0, 0.1) is 0 Å². The van der Waals surface area contributed by atoms with Gasteiger partial charge in [-0.05, 0) is 25.6 Å². The van der Waals surface area contributed by atoms with E-state index in [0.29, 0.717) is 29.1 Å². The summed E-state index contributed by atoms with van der Waals surface area (Å²) in [6.07, 6.45) is 1.19. The molecule has 2 fully saturated rings. The smallest absolute Gasteiger partial charge is 0.180 e. The number of anilines is 1. The fraction of sp³-hybridized carbons (Fsp3) is 0.350. The molecule has 26 heavy (non-hydrogen) atoms. The zero-order chi connectivity index (χ0) is 17.8. The van der Waals surface area contributed by atoms with Gasteiger partial charge in [-0.1, -0.05) is 30.3 Å². The molecule has 6 heteroatoms. The molecule has 6 nitrogen and oxygen atoms in total. The Hall–Kier alpha value is -2.73. The lowest BCUT2D eigenvalue weighted by atomic mass is 10.1. The maximum atomic E-state index is 12.4. The Bertz CT molecular complexity index is 994. The van der Waals surface area contributed by atoms with Crippen molar-refractivity contribution in [2.75, 3.05) is 25.0 Å². The molecule has 0 aliphatic carbocycles. The summed E-state index contributed by atoms with van der Waals surface area (Å²) in [5.41, 5.74) is 2.89. The van der Waals surface area contributed by atoms with Crippen LogP contribution in [0.15, 0.2) is 42.5 Å². The number of ketones is 1. The van der Waals surface area contributed by atoms with Crippen molar-refractivity contribution >= 4 is 17.2 Å². The fourth-order valence-corrected chi connectivity index (χ4v) is 4.34. The second-order valence-corrected chi connectivity index (χ2v) is 7.33. The van der Waals surface area contributed by atoms with Crippen molar-refractivity contribution < 1.29 is 4.79 Å². The lowest BCUT2D eigenvalue weighted by molar-refractivity contribution is 0.101. The molecule has 2 saturated heterocycles. The van der Waals surface area contributed by atoms with Gasteiger partial charge >= 0.3 is 0 Å². The molecular weight excluding hydrogens is 326 g/mol. The third-order valence-electron chi connectivity index (χ3n) is 5.65. The summed E-state index contributed by atoms with van der Waals surface area (Å²) in [6, 6.07) is 14.9. The van der Waals surface area contributed by atoms with Crippen LogP contribution < -0.4 is 4.90 Å². The first-order valence-electron chi connectivity index (χ1n) is 9.05. The predicted octanol–water partition coefficient (Wildman–Crippen LogP) is 2.49. The average molecular weight is 347 g/mol. The van der Waals surface area contributed by atoms with Gasteiger partial charge in [0.1, 0.15) is 17.2 Å². The van der Waals surface area contributed by atoms with Crippen molar-refractivity contribution in [3.05, 3.63) is 48.2 Å². The highest BCUT2D eigenvalue weighted by molar-refractivity contribution is 5.99. The van der Waals surface area contributed by atoms with Crippen molar-refractivity contribution in [2.45, 2.75) is 25.4 Å². The van der Waals surface area contributed by atoms with E-state index in [1.165, 1.54) is 6.42 Å².